The highest BCUT2D eigenvalue weighted by Gasteiger charge is 2.44. The van der Waals surface area contributed by atoms with Crippen molar-refractivity contribution in [3.8, 4) is 0 Å². The molecule has 0 N–H and O–H groups in total. The van der Waals surface area contributed by atoms with Crippen LogP contribution in [0.1, 0.15) is 75.2 Å². The van der Waals surface area contributed by atoms with Gasteiger partial charge >= 0.3 is 5.97 Å². The van der Waals surface area contributed by atoms with Crippen molar-refractivity contribution >= 4 is 14.3 Å². The molecule has 0 aliphatic carbocycles. The average molecular weight is 446 g/mol. The highest BCUT2D eigenvalue weighted by molar-refractivity contribution is 6.74. The van der Waals surface area contributed by atoms with Crippen molar-refractivity contribution in [2.24, 2.45) is 0 Å². The molecule has 1 aliphatic rings. The van der Waals surface area contributed by atoms with E-state index >= 15 is 0 Å². The second-order valence-electron chi connectivity index (χ2n) is 9.63. The van der Waals surface area contributed by atoms with E-state index in [-0.39, 0.29) is 35.7 Å². The van der Waals surface area contributed by atoms with Crippen LogP contribution in [-0.2, 0) is 20.5 Å². The summed E-state index contributed by atoms with van der Waals surface area (Å²) in [6, 6.07) is 9.98. The van der Waals surface area contributed by atoms with E-state index in [9.17, 15) is 4.79 Å². The molecule has 0 fully saturated rings. The van der Waals surface area contributed by atoms with E-state index in [0.717, 1.165) is 5.56 Å². The van der Waals surface area contributed by atoms with Crippen LogP contribution in [0.4, 0.5) is 0 Å². The van der Waals surface area contributed by atoms with E-state index < -0.39 is 14.3 Å². The summed E-state index contributed by atoms with van der Waals surface area (Å²) < 4.78 is 19.8. The Bertz CT molecular complexity index is 892. The fourth-order valence-corrected chi connectivity index (χ4v) is 4.97. The van der Waals surface area contributed by atoms with Gasteiger partial charge in [-0.1, -0.05) is 51.1 Å². The zero-order chi connectivity index (χ0) is 22.8. The molecular weight excluding hydrogens is 410 g/mol. The van der Waals surface area contributed by atoms with Gasteiger partial charge in [0.1, 0.15) is 6.10 Å². The predicted octanol–water partition coefficient (Wildman–Crippen LogP) is 5.07. The first-order valence-corrected chi connectivity index (χ1v) is 13.9. The number of esters is 1. The minimum absolute atomic E-state index is 0.0550. The first-order chi connectivity index (χ1) is 14.5. The van der Waals surface area contributed by atoms with Gasteiger partial charge < -0.3 is 13.9 Å². The summed E-state index contributed by atoms with van der Waals surface area (Å²) in [7, 11) is -1.97. The number of carbonyl (C=O) groups excluding carboxylic acids is 1. The third-order valence-electron chi connectivity index (χ3n) is 6.30. The number of fused-ring (bicyclic) bond motifs is 1. The van der Waals surface area contributed by atoms with Crippen LogP contribution in [0, 0.1) is 0 Å². The zero-order valence-electron chi connectivity index (χ0n) is 19.7. The quantitative estimate of drug-likeness (QED) is 0.417. The van der Waals surface area contributed by atoms with Crippen LogP contribution in [0.2, 0.25) is 18.1 Å². The van der Waals surface area contributed by atoms with Crippen LogP contribution in [0.15, 0.2) is 30.3 Å². The Morgan fingerprint density at radius 3 is 2.55 bits per heavy atom. The molecule has 1 aromatic carbocycles. The summed E-state index contributed by atoms with van der Waals surface area (Å²) in [5, 5.41) is 4.60. The Morgan fingerprint density at radius 1 is 1.26 bits per heavy atom. The van der Waals surface area contributed by atoms with Crippen LogP contribution in [-0.4, -0.2) is 41.8 Å². The molecule has 170 valence electrons. The van der Waals surface area contributed by atoms with Crippen molar-refractivity contribution in [2.75, 3.05) is 6.61 Å². The molecule has 3 atom stereocenters. The molecular formula is C23H35N3O4Si. The molecule has 0 radical (unpaired) electrons. The molecule has 0 amide bonds. The summed E-state index contributed by atoms with van der Waals surface area (Å²) in [5.41, 5.74) is 1.09. The lowest BCUT2D eigenvalue weighted by Crippen LogP contribution is -2.45. The first kappa shape index (κ1) is 23.6. The molecule has 1 aliphatic heterocycles. The third-order valence-corrected chi connectivity index (χ3v) is 10.9. The van der Waals surface area contributed by atoms with Crippen LogP contribution in [0.5, 0.6) is 0 Å². The van der Waals surface area contributed by atoms with Gasteiger partial charge in [-0.2, -0.15) is 0 Å². The summed E-state index contributed by atoms with van der Waals surface area (Å²) in [4.78, 5) is 16.7. The molecule has 0 bridgehead atoms. The molecule has 2 heterocycles. The van der Waals surface area contributed by atoms with Gasteiger partial charge in [-0.3, -0.25) is 0 Å². The first-order valence-electron chi connectivity index (χ1n) is 11.0. The molecule has 0 saturated carbocycles. The molecule has 7 nitrogen and oxygen atoms in total. The Balaban J connectivity index is 1.83. The van der Waals surface area contributed by atoms with Gasteiger partial charge in [0.15, 0.2) is 14.1 Å². The molecule has 1 aromatic heterocycles. The third kappa shape index (κ3) is 5.24. The highest BCUT2D eigenvalue weighted by Crippen LogP contribution is 2.43. The van der Waals surface area contributed by atoms with Gasteiger partial charge in [0.25, 0.3) is 5.82 Å². The van der Waals surface area contributed by atoms with Gasteiger partial charge in [0.2, 0.25) is 0 Å². The molecule has 3 unspecified atom stereocenters. The Kier molecular flexibility index (Phi) is 7.03. The topological polar surface area (TPSA) is 75.5 Å². The smallest absolute Gasteiger partial charge is 0.378 e. The molecule has 3 rings (SSSR count). The molecule has 31 heavy (non-hydrogen) atoms. The van der Waals surface area contributed by atoms with Crippen LogP contribution in [0.3, 0.4) is 0 Å². The maximum Gasteiger partial charge on any atom is 0.378 e. The normalized spacial score (nSPS) is 19.8. The number of nitrogens with zero attached hydrogens (tertiary/aromatic N) is 3. The predicted molar refractivity (Wildman–Crippen MR) is 121 cm³/mol. The number of rotatable bonds is 8. The van der Waals surface area contributed by atoms with Crippen LogP contribution >= 0.6 is 0 Å². The van der Waals surface area contributed by atoms with Gasteiger partial charge in [-0.05, 0) is 37.5 Å². The summed E-state index contributed by atoms with van der Waals surface area (Å²) in [5.74, 6) is 0.229. The SMILES string of the molecule is CCOC(=O)c1nc2n(n1)C(C(C)O[Si](C)(C)C(C)(C)C)CC2OCc1ccccc1. The number of benzene rings is 1. The van der Waals surface area contributed by atoms with Crippen molar-refractivity contribution in [3.05, 3.63) is 47.5 Å². The van der Waals surface area contributed by atoms with Crippen molar-refractivity contribution in [1.82, 2.24) is 14.8 Å². The number of hydrogen-bond donors (Lipinski definition) is 0. The Hall–Kier alpha value is -2.03. The molecule has 0 saturated heterocycles. The van der Waals surface area contributed by atoms with E-state index in [1.54, 1.807) is 6.92 Å². The highest BCUT2D eigenvalue weighted by atomic mass is 28.4. The maximum atomic E-state index is 12.2. The van der Waals surface area contributed by atoms with Crippen molar-refractivity contribution < 1.29 is 18.7 Å². The molecule has 0 spiro atoms. The lowest BCUT2D eigenvalue weighted by atomic mass is 10.1. The minimum atomic E-state index is -1.97. The number of hydrogen-bond acceptors (Lipinski definition) is 6. The van der Waals surface area contributed by atoms with Gasteiger partial charge in [-0.15, -0.1) is 5.10 Å². The monoisotopic (exact) mass is 445 g/mol. The van der Waals surface area contributed by atoms with E-state index in [2.05, 4.69) is 50.9 Å². The Morgan fingerprint density at radius 2 is 1.94 bits per heavy atom. The van der Waals surface area contributed by atoms with Gasteiger partial charge in [-0.25, -0.2) is 14.5 Å². The van der Waals surface area contributed by atoms with E-state index in [0.29, 0.717) is 18.9 Å². The maximum absolute atomic E-state index is 12.2. The molecule has 2 aromatic rings. The second kappa shape index (κ2) is 9.22. The van der Waals surface area contributed by atoms with E-state index in [1.807, 2.05) is 35.0 Å². The van der Waals surface area contributed by atoms with Gasteiger partial charge in [0, 0.05) is 6.42 Å². The van der Waals surface area contributed by atoms with Crippen molar-refractivity contribution in [2.45, 2.75) is 84.0 Å². The van der Waals surface area contributed by atoms with Crippen LogP contribution in [0.25, 0.3) is 0 Å². The number of carbonyl (C=O) groups is 1. The van der Waals surface area contributed by atoms with Crippen LogP contribution < -0.4 is 0 Å². The van der Waals surface area contributed by atoms with Gasteiger partial charge in [0.05, 0.1) is 25.4 Å². The lowest BCUT2D eigenvalue weighted by Gasteiger charge is -2.39. The summed E-state index contributed by atoms with van der Waals surface area (Å²) in [6.45, 7) is 15.8. The summed E-state index contributed by atoms with van der Waals surface area (Å²) >= 11 is 0. The number of ether oxygens (including phenoxy) is 2. The summed E-state index contributed by atoms with van der Waals surface area (Å²) in [6.07, 6.45) is 0.370. The molecule has 8 heteroatoms. The average Bonchev–Trinajstić information content (AvgIpc) is 3.26. The van der Waals surface area contributed by atoms with Crippen molar-refractivity contribution in [3.63, 3.8) is 0 Å². The van der Waals surface area contributed by atoms with E-state index in [1.165, 1.54) is 0 Å². The zero-order valence-corrected chi connectivity index (χ0v) is 20.7. The Labute approximate surface area is 186 Å². The van der Waals surface area contributed by atoms with Crippen molar-refractivity contribution in [1.29, 1.82) is 0 Å². The largest absolute Gasteiger partial charge is 0.460 e. The van der Waals surface area contributed by atoms with E-state index in [4.69, 9.17) is 13.9 Å². The second-order valence-corrected chi connectivity index (χ2v) is 14.4. The fraction of sp³-hybridized carbons (Fsp3) is 0.609. The standard InChI is InChI=1S/C23H35N3O4Si/c1-8-28-22(27)20-24-21-19(29-15-17-12-10-9-11-13-17)14-18(26(21)25-20)16(2)30-31(6,7)23(3,4)5/h9-13,16,18-19H,8,14-15H2,1-7H3. The number of aromatic nitrogens is 3. The minimum Gasteiger partial charge on any atom is -0.460 e. The fourth-order valence-electron chi connectivity index (χ4n) is 3.53. The lowest BCUT2D eigenvalue weighted by molar-refractivity contribution is 0.0264.